The average molecular weight is 269 g/mol. The number of hydrogen-bond acceptors (Lipinski definition) is 4. The number of benzene rings is 1. The molecule has 0 bridgehead atoms. The van der Waals surface area contributed by atoms with Gasteiger partial charge in [-0.25, -0.2) is 0 Å². The van der Waals surface area contributed by atoms with E-state index >= 15 is 0 Å². The van der Waals surface area contributed by atoms with E-state index in [4.69, 9.17) is 21.1 Å². The van der Waals surface area contributed by atoms with E-state index in [1.807, 2.05) is 12.1 Å². The molecule has 2 aliphatic heterocycles. The molecule has 0 aromatic heterocycles. The first-order valence-corrected chi connectivity index (χ1v) is 6.58. The third-order valence-electron chi connectivity index (χ3n) is 3.58. The number of rotatable bonds is 3. The van der Waals surface area contributed by atoms with E-state index in [0.717, 1.165) is 37.4 Å². The maximum Gasteiger partial charge on any atom is 0.231 e. The van der Waals surface area contributed by atoms with Crippen molar-refractivity contribution in [2.24, 2.45) is 0 Å². The normalized spacial score (nSPS) is 25.7. The number of fused-ring (bicyclic) bond motifs is 1. The van der Waals surface area contributed by atoms with E-state index in [-0.39, 0.29) is 12.3 Å². The molecule has 98 valence electrons. The standard InChI is InChI=1S/C13H17ClN2O2/c1-13(2-3-15-7-13)16-6-9-4-10(14)12-11(5-9)17-8-18-12/h4-5,15-16H,2-3,6-8H2,1H3. The molecule has 0 saturated carbocycles. The maximum absolute atomic E-state index is 6.16. The van der Waals surface area contributed by atoms with Crippen LogP contribution in [0.25, 0.3) is 0 Å². The highest BCUT2D eigenvalue weighted by atomic mass is 35.5. The minimum absolute atomic E-state index is 0.169. The fourth-order valence-electron chi connectivity index (χ4n) is 2.41. The zero-order valence-electron chi connectivity index (χ0n) is 10.4. The number of nitrogens with one attached hydrogen (secondary N) is 2. The van der Waals surface area contributed by atoms with Crippen molar-refractivity contribution in [2.45, 2.75) is 25.4 Å². The van der Waals surface area contributed by atoms with Gasteiger partial charge in [-0.15, -0.1) is 0 Å². The Morgan fingerprint density at radius 3 is 3.11 bits per heavy atom. The fourth-order valence-corrected chi connectivity index (χ4v) is 2.69. The Bertz CT molecular complexity index is 459. The van der Waals surface area contributed by atoms with Crippen LogP contribution in [0.4, 0.5) is 0 Å². The molecule has 2 N–H and O–H groups in total. The molecular weight excluding hydrogens is 252 g/mol. The van der Waals surface area contributed by atoms with E-state index in [9.17, 15) is 0 Å². The summed E-state index contributed by atoms with van der Waals surface area (Å²) >= 11 is 6.16. The number of hydrogen-bond donors (Lipinski definition) is 2. The molecule has 0 radical (unpaired) electrons. The van der Waals surface area contributed by atoms with Crippen molar-refractivity contribution >= 4 is 11.6 Å². The van der Waals surface area contributed by atoms with Crippen LogP contribution < -0.4 is 20.1 Å². The van der Waals surface area contributed by atoms with Gasteiger partial charge in [0.25, 0.3) is 0 Å². The van der Waals surface area contributed by atoms with Crippen LogP contribution in [0.15, 0.2) is 12.1 Å². The Morgan fingerprint density at radius 1 is 1.44 bits per heavy atom. The third-order valence-corrected chi connectivity index (χ3v) is 3.86. The van der Waals surface area contributed by atoms with Crippen LogP contribution in [0.2, 0.25) is 5.02 Å². The van der Waals surface area contributed by atoms with Crippen molar-refractivity contribution in [2.75, 3.05) is 19.9 Å². The summed E-state index contributed by atoms with van der Waals surface area (Å²) in [6.45, 7) is 5.36. The van der Waals surface area contributed by atoms with Crippen LogP contribution >= 0.6 is 11.6 Å². The average Bonchev–Trinajstić information content (AvgIpc) is 2.96. The monoisotopic (exact) mass is 268 g/mol. The largest absolute Gasteiger partial charge is 0.454 e. The highest BCUT2D eigenvalue weighted by molar-refractivity contribution is 6.32. The molecule has 3 rings (SSSR count). The predicted octanol–water partition coefficient (Wildman–Crippen LogP) is 1.91. The van der Waals surface area contributed by atoms with Gasteiger partial charge in [0.05, 0.1) is 5.02 Å². The van der Waals surface area contributed by atoms with Crippen LogP contribution in [0.5, 0.6) is 11.5 Å². The first-order valence-electron chi connectivity index (χ1n) is 6.20. The summed E-state index contributed by atoms with van der Waals surface area (Å²) in [7, 11) is 0. The summed E-state index contributed by atoms with van der Waals surface area (Å²) in [4.78, 5) is 0. The zero-order chi connectivity index (χ0) is 12.6. The van der Waals surface area contributed by atoms with E-state index in [1.54, 1.807) is 0 Å². The molecule has 4 nitrogen and oxygen atoms in total. The smallest absolute Gasteiger partial charge is 0.231 e. The van der Waals surface area contributed by atoms with Gasteiger partial charge in [-0.1, -0.05) is 11.6 Å². The minimum Gasteiger partial charge on any atom is -0.454 e. The lowest BCUT2D eigenvalue weighted by atomic mass is 10.0. The fraction of sp³-hybridized carbons (Fsp3) is 0.538. The highest BCUT2D eigenvalue weighted by Crippen LogP contribution is 2.39. The van der Waals surface area contributed by atoms with Crippen LogP contribution in [-0.2, 0) is 6.54 Å². The summed E-state index contributed by atoms with van der Waals surface area (Å²) in [5.74, 6) is 1.41. The maximum atomic E-state index is 6.16. The Labute approximate surface area is 112 Å². The molecule has 2 aliphatic rings. The molecule has 5 heteroatoms. The molecule has 1 fully saturated rings. The van der Waals surface area contributed by atoms with Gasteiger partial charge < -0.3 is 20.1 Å². The first-order chi connectivity index (χ1) is 8.66. The quantitative estimate of drug-likeness (QED) is 0.879. The van der Waals surface area contributed by atoms with Crippen molar-refractivity contribution in [3.05, 3.63) is 22.7 Å². The van der Waals surface area contributed by atoms with E-state index in [2.05, 4.69) is 17.6 Å². The van der Waals surface area contributed by atoms with Crippen LogP contribution in [-0.4, -0.2) is 25.4 Å². The molecule has 0 aliphatic carbocycles. The van der Waals surface area contributed by atoms with E-state index in [1.165, 1.54) is 0 Å². The van der Waals surface area contributed by atoms with Gasteiger partial charge in [0.15, 0.2) is 11.5 Å². The molecule has 1 aromatic rings. The Balaban J connectivity index is 1.71. The molecule has 0 spiro atoms. The van der Waals surface area contributed by atoms with Gasteiger partial charge >= 0.3 is 0 Å². The number of ether oxygens (including phenoxy) is 2. The summed E-state index contributed by atoms with van der Waals surface area (Å²) in [5, 5.41) is 7.57. The molecule has 1 saturated heterocycles. The molecule has 0 amide bonds. The molecular formula is C13H17ClN2O2. The van der Waals surface area contributed by atoms with Crippen molar-refractivity contribution in [3.8, 4) is 11.5 Å². The van der Waals surface area contributed by atoms with Crippen molar-refractivity contribution in [1.29, 1.82) is 0 Å². The van der Waals surface area contributed by atoms with Gasteiger partial charge in [-0.3, -0.25) is 0 Å². The van der Waals surface area contributed by atoms with Crippen molar-refractivity contribution < 1.29 is 9.47 Å². The van der Waals surface area contributed by atoms with Gasteiger partial charge in [0.1, 0.15) is 0 Å². The van der Waals surface area contributed by atoms with Crippen molar-refractivity contribution in [3.63, 3.8) is 0 Å². The summed E-state index contributed by atoms with van der Waals surface area (Å²) in [6.07, 6.45) is 1.14. The topological polar surface area (TPSA) is 42.5 Å². The van der Waals surface area contributed by atoms with Gasteiger partial charge in [-0.2, -0.15) is 0 Å². The summed E-state index contributed by atoms with van der Waals surface area (Å²) in [5.41, 5.74) is 1.29. The Hall–Kier alpha value is -0.970. The Morgan fingerprint density at radius 2 is 2.33 bits per heavy atom. The van der Waals surface area contributed by atoms with Crippen LogP contribution in [0, 0.1) is 0 Å². The molecule has 1 aromatic carbocycles. The molecule has 1 unspecified atom stereocenters. The van der Waals surface area contributed by atoms with E-state index < -0.39 is 0 Å². The number of halogens is 1. The van der Waals surface area contributed by atoms with Gasteiger partial charge in [-0.05, 0) is 37.6 Å². The molecule has 1 atom stereocenters. The first kappa shape index (κ1) is 12.1. The second kappa shape index (κ2) is 4.61. The summed E-state index contributed by atoms with van der Waals surface area (Å²) < 4.78 is 10.7. The van der Waals surface area contributed by atoms with E-state index in [0.29, 0.717) is 10.8 Å². The zero-order valence-corrected chi connectivity index (χ0v) is 11.1. The highest BCUT2D eigenvalue weighted by Gasteiger charge is 2.27. The minimum atomic E-state index is 0.169. The molecule has 18 heavy (non-hydrogen) atoms. The third kappa shape index (κ3) is 2.28. The second-order valence-electron chi connectivity index (χ2n) is 5.15. The SMILES string of the molecule is CC1(NCc2cc(Cl)c3c(c2)OCO3)CCNC1. The summed E-state index contributed by atoms with van der Waals surface area (Å²) in [6, 6.07) is 3.93. The van der Waals surface area contributed by atoms with Crippen LogP contribution in [0.1, 0.15) is 18.9 Å². The van der Waals surface area contributed by atoms with Crippen LogP contribution in [0.3, 0.4) is 0 Å². The lowest BCUT2D eigenvalue weighted by Crippen LogP contribution is -2.43. The lowest BCUT2D eigenvalue weighted by Gasteiger charge is -2.24. The van der Waals surface area contributed by atoms with Crippen molar-refractivity contribution in [1.82, 2.24) is 10.6 Å². The lowest BCUT2D eigenvalue weighted by molar-refractivity contribution is 0.174. The van der Waals surface area contributed by atoms with Gasteiger partial charge in [0, 0.05) is 18.6 Å². The predicted molar refractivity (Wildman–Crippen MR) is 70.3 cm³/mol. The molecule has 2 heterocycles. The van der Waals surface area contributed by atoms with Gasteiger partial charge in [0.2, 0.25) is 6.79 Å². The second-order valence-corrected chi connectivity index (χ2v) is 5.56. The Kier molecular flexibility index (Phi) is 3.09.